The Kier molecular flexibility index (Phi) is 5.22. The zero-order chi connectivity index (χ0) is 14.4. The van der Waals surface area contributed by atoms with E-state index in [9.17, 15) is 0 Å². The fraction of sp³-hybridized carbons (Fsp3) is 0.471. The van der Waals surface area contributed by atoms with E-state index < -0.39 is 0 Å². The number of imidazole rings is 1. The van der Waals surface area contributed by atoms with Crippen LogP contribution in [0.1, 0.15) is 36.6 Å². The highest BCUT2D eigenvalue weighted by Gasteiger charge is 2.05. The van der Waals surface area contributed by atoms with E-state index in [-0.39, 0.29) is 0 Å². The summed E-state index contributed by atoms with van der Waals surface area (Å²) in [5, 5.41) is 3.44. The number of anilines is 1. The first kappa shape index (κ1) is 14.6. The van der Waals surface area contributed by atoms with Crippen molar-refractivity contribution in [2.75, 3.05) is 11.9 Å². The second-order valence-corrected chi connectivity index (χ2v) is 5.36. The standard InChI is InChI=1S/C17H25N3/c1-4-5-11-18-17-19-15(3)13-20(17)12-10-16-9-7-6-8-14(16)2/h6-9,13H,4-5,10-12H2,1-3H3,(H,18,19). The molecular weight excluding hydrogens is 246 g/mol. The van der Waals surface area contributed by atoms with Crippen LogP contribution in [0.15, 0.2) is 30.5 Å². The van der Waals surface area contributed by atoms with Crippen molar-refractivity contribution in [3.8, 4) is 0 Å². The van der Waals surface area contributed by atoms with Gasteiger partial charge in [-0.15, -0.1) is 0 Å². The van der Waals surface area contributed by atoms with Crippen LogP contribution in [0.5, 0.6) is 0 Å². The van der Waals surface area contributed by atoms with Gasteiger partial charge in [-0.1, -0.05) is 37.6 Å². The molecule has 0 amide bonds. The zero-order valence-corrected chi connectivity index (χ0v) is 12.8. The Morgan fingerprint density at radius 2 is 2.00 bits per heavy atom. The summed E-state index contributed by atoms with van der Waals surface area (Å²) in [6.07, 6.45) is 5.57. The van der Waals surface area contributed by atoms with Crippen molar-refractivity contribution in [1.82, 2.24) is 9.55 Å². The van der Waals surface area contributed by atoms with Crippen molar-refractivity contribution in [3.05, 3.63) is 47.3 Å². The molecule has 0 atom stereocenters. The molecule has 3 heteroatoms. The van der Waals surface area contributed by atoms with Gasteiger partial charge in [0, 0.05) is 19.3 Å². The highest BCUT2D eigenvalue weighted by molar-refractivity contribution is 5.30. The van der Waals surface area contributed by atoms with Gasteiger partial charge in [-0.05, 0) is 37.8 Å². The van der Waals surface area contributed by atoms with Crippen LogP contribution in [0.2, 0.25) is 0 Å². The smallest absolute Gasteiger partial charge is 0.203 e. The first-order chi connectivity index (χ1) is 9.70. The van der Waals surface area contributed by atoms with Crippen molar-refractivity contribution in [2.24, 2.45) is 0 Å². The summed E-state index contributed by atoms with van der Waals surface area (Å²) in [4.78, 5) is 4.57. The van der Waals surface area contributed by atoms with E-state index in [0.29, 0.717) is 0 Å². The van der Waals surface area contributed by atoms with Gasteiger partial charge < -0.3 is 9.88 Å². The molecule has 0 unspecified atom stereocenters. The minimum Gasteiger partial charge on any atom is -0.356 e. The molecule has 1 heterocycles. The Balaban J connectivity index is 2.00. The average Bonchev–Trinajstić information content (AvgIpc) is 2.78. The molecule has 108 valence electrons. The summed E-state index contributed by atoms with van der Waals surface area (Å²) >= 11 is 0. The zero-order valence-electron chi connectivity index (χ0n) is 12.8. The third-order valence-electron chi connectivity index (χ3n) is 3.59. The maximum Gasteiger partial charge on any atom is 0.203 e. The van der Waals surface area contributed by atoms with Crippen LogP contribution in [-0.2, 0) is 13.0 Å². The van der Waals surface area contributed by atoms with Crippen molar-refractivity contribution >= 4 is 5.95 Å². The first-order valence-corrected chi connectivity index (χ1v) is 7.53. The Hall–Kier alpha value is -1.77. The van der Waals surface area contributed by atoms with Gasteiger partial charge in [0.15, 0.2) is 0 Å². The van der Waals surface area contributed by atoms with Crippen LogP contribution in [0, 0.1) is 13.8 Å². The lowest BCUT2D eigenvalue weighted by Gasteiger charge is -2.10. The second kappa shape index (κ2) is 7.13. The normalized spacial score (nSPS) is 10.8. The molecule has 1 N–H and O–H groups in total. The van der Waals surface area contributed by atoms with Crippen molar-refractivity contribution < 1.29 is 0 Å². The maximum absolute atomic E-state index is 4.57. The van der Waals surface area contributed by atoms with Gasteiger partial charge in [0.2, 0.25) is 5.95 Å². The molecule has 3 nitrogen and oxygen atoms in total. The molecule has 0 fully saturated rings. The fourth-order valence-corrected chi connectivity index (χ4v) is 2.37. The largest absolute Gasteiger partial charge is 0.356 e. The SMILES string of the molecule is CCCCNc1nc(C)cn1CCc1ccccc1C. The highest BCUT2D eigenvalue weighted by atomic mass is 15.2. The number of rotatable bonds is 7. The molecule has 1 aromatic heterocycles. The number of nitrogens with zero attached hydrogens (tertiary/aromatic N) is 2. The number of benzene rings is 1. The van der Waals surface area contributed by atoms with Crippen LogP contribution < -0.4 is 5.32 Å². The monoisotopic (exact) mass is 271 g/mol. The predicted molar refractivity (Wildman–Crippen MR) is 85.2 cm³/mol. The van der Waals surface area contributed by atoms with Crippen LogP contribution >= 0.6 is 0 Å². The van der Waals surface area contributed by atoms with Crippen LogP contribution in [0.3, 0.4) is 0 Å². The molecule has 0 saturated carbocycles. The molecule has 0 aliphatic carbocycles. The minimum atomic E-state index is 0.972. The number of nitrogens with one attached hydrogen (secondary N) is 1. The third-order valence-corrected chi connectivity index (χ3v) is 3.59. The van der Waals surface area contributed by atoms with Crippen molar-refractivity contribution in [1.29, 1.82) is 0 Å². The molecule has 0 radical (unpaired) electrons. The molecular formula is C17H25N3. The average molecular weight is 271 g/mol. The second-order valence-electron chi connectivity index (χ2n) is 5.36. The molecule has 1 aromatic carbocycles. The van der Waals surface area contributed by atoms with E-state index in [2.05, 4.69) is 66.1 Å². The molecule has 0 aliphatic heterocycles. The summed E-state index contributed by atoms with van der Waals surface area (Å²) < 4.78 is 2.23. The first-order valence-electron chi connectivity index (χ1n) is 7.53. The molecule has 2 rings (SSSR count). The lowest BCUT2D eigenvalue weighted by Crippen LogP contribution is -2.10. The minimum absolute atomic E-state index is 0.972. The van der Waals surface area contributed by atoms with E-state index in [1.807, 2.05) is 0 Å². The highest BCUT2D eigenvalue weighted by Crippen LogP contribution is 2.13. The van der Waals surface area contributed by atoms with Gasteiger partial charge in [0.25, 0.3) is 0 Å². The summed E-state index contributed by atoms with van der Waals surface area (Å²) in [6, 6.07) is 8.60. The summed E-state index contributed by atoms with van der Waals surface area (Å²) in [5.41, 5.74) is 3.86. The lowest BCUT2D eigenvalue weighted by molar-refractivity contribution is 0.693. The predicted octanol–water partition coefficient (Wildman–Crippen LogP) is 3.95. The van der Waals surface area contributed by atoms with Crippen LogP contribution in [0.4, 0.5) is 5.95 Å². The molecule has 0 saturated heterocycles. The van der Waals surface area contributed by atoms with E-state index >= 15 is 0 Å². The molecule has 2 aromatic rings. The summed E-state index contributed by atoms with van der Waals surface area (Å²) in [5.74, 6) is 1.00. The number of hydrogen-bond acceptors (Lipinski definition) is 2. The van der Waals surface area contributed by atoms with Gasteiger partial charge in [-0.3, -0.25) is 0 Å². The van der Waals surface area contributed by atoms with Gasteiger partial charge >= 0.3 is 0 Å². The quantitative estimate of drug-likeness (QED) is 0.773. The van der Waals surface area contributed by atoms with Gasteiger partial charge in [-0.2, -0.15) is 0 Å². The number of unbranched alkanes of at least 4 members (excludes halogenated alkanes) is 1. The number of hydrogen-bond donors (Lipinski definition) is 1. The van der Waals surface area contributed by atoms with E-state index in [4.69, 9.17) is 0 Å². The van der Waals surface area contributed by atoms with Gasteiger partial charge in [-0.25, -0.2) is 4.98 Å². The summed E-state index contributed by atoms with van der Waals surface area (Å²) in [6.45, 7) is 8.40. The molecule has 0 aliphatic rings. The maximum atomic E-state index is 4.57. The van der Waals surface area contributed by atoms with Crippen molar-refractivity contribution in [2.45, 2.75) is 46.6 Å². The number of aromatic nitrogens is 2. The summed E-state index contributed by atoms with van der Waals surface area (Å²) in [7, 11) is 0. The Labute approximate surface area is 122 Å². The number of aryl methyl sites for hydroxylation is 4. The molecule has 0 spiro atoms. The lowest BCUT2D eigenvalue weighted by atomic mass is 10.1. The van der Waals surface area contributed by atoms with E-state index in [1.165, 1.54) is 24.0 Å². The molecule has 0 bridgehead atoms. The van der Waals surface area contributed by atoms with Crippen LogP contribution in [-0.4, -0.2) is 16.1 Å². The van der Waals surface area contributed by atoms with Gasteiger partial charge in [0.1, 0.15) is 0 Å². The van der Waals surface area contributed by atoms with E-state index in [0.717, 1.165) is 31.2 Å². The van der Waals surface area contributed by atoms with Gasteiger partial charge in [0.05, 0.1) is 5.69 Å². The van der Waals surface area contributed by atoms with E-state index in [1.54, 1.807) is 0 Å². The molecule has 20 heavy (non-hydrogen) atoms. The van der Waals surface area contributed by atoms with Crippen LogP contribution in [0.25, 0.3) is 0 Å². The topological polar surface area (TPSA) is 29.9 Å². The third kappa shape index (κ3) is 3.86. The Bertz CT molecular complexity index is 543. The fourth-order valence-electron chi connectivity index (χ4n) is 2.37. The van der Waals surface area contributed by atoms with Crippen molar-refractivity contribution in [3.63, 3.8) is 0 Å². The Morgan fingerprint density at radius 1 is 1.20 bits per heavy atom. The Morgan fingerprint density at radius 3 is 2.75 bits per heavy atom.